The third-order valence-electron chi connectivity index (χ3n) is 4.66. The molecule has 1 aromatic rings. The number of rotatable bonds is 7. The molecule has 1 N–H and O–H groups in total. The molecule has 0 bridgehead atoms. The first-order chi connectivity index (χ1) is 12.0. The van der Waals surface area contributed by atoms with Gasteiger partial charge in [-0.2, -0.15) is 0 Å². The van der Waals surface area contributed by atoms with Gasteiger partial charge >= 0.3 is 0 Å². The van der Waals surface area contributed by atoms with Crippen LogP contribution in [-0.2, 0) is 10.0 Å². The summed E-state index contributed by atoms with van der Waals surface area (Å²) in [5, 5.41) is 3.37. The van der Waals surface area contributed by atoms with Crippen LogP contribution in [0.15, 0.2) is 35.3 Å². The van der Waals surface area contributed by atoms with Gasteiger partial charge in [0.15, 0.2) is 5.96 Å². The van der Waals surface area contributed by atoms with E-state index in [-0.39, 0.29) is 24.0 Å². The molecule has 1 aromatic carbocycles. The average Bonchev–Trinajstić information content (AvgIpc) is 3.07. The van der Waals surface area contributed by atoms with Crippen LogP contribution in [0.2, 0.25) is 0 Å². The lowest BCUT2D eigenvalue weighted by molar-refractivity contribution is 0.420. The van der Waals surface area contributed by atoms with Gasteiger partial charge in [0.05, 0.1) is 6.26 Å². The molecule has 8 heteroatoms. The molecule has 1 unspecified atom stereocenters. The van der Waals surface area contributed by atoms with Gasteiger partial charge in [-0.05, 0) is 18.4 Å². The molecule has 1 heterocycles. The van der Waals surface area contributed by atoms with E-state index in [1.165, 1.54) is 16.1 Å². The van der Waals surface area contributed by atoms with E-state index in [4.69, 9.17) is 0 Å². The van der Waals surface area contributed by atoms with Gasteiger partial charge in [-0.15, -0.1) is 24.0 Å². The normalized spacial score (nSPS) is 18.1. The number of sulfonamides is 1. The van der Waals surface area contributed by atoms with Gasteiger partial charge in [0.2, 0.25) is 10.0 Å². The zero-order valence-electron chi connectivity index (χ0n) is 15.9. The third-order valence-corrected chi connectivity index (χ3v) is 6.04. The zero-order valence-corrected chi connectivity index (χ0v) is 19.0. The van der Waals surface area contributed by atoms with Gasteiger partial charge < -0.3 is 10.2 Å². The van der Waals surface area contributed by atoms with E-state index >= 15 is 0 Å². The highest BCUT2D eigenvalue weighted by Crippen LogP contribution is 2.26. The SMILES string of the molecule is CCN(CCCNC(=NC)N1CCC(c2ccccc2)C1)S(C)(=O)=O.I. The van der Waals surface area contributed by atoms with Crippen molar-refractivity contribution in [1.29, 1.82) is 0 Å². The molecular formula is C18H31IN4O2S. The van der Waals surface area contributed by atoms with Crippen molar-refractivity contribution in [2.75, 3.05) is 46.0 Å². The minimum atomic E-state index is -3.11. The van der Waals surface area contributed by atoms with Crippen molar-refractivity contribution in [1.82, 2.24) is 14.5 Å². The molecule has 6 nitrogen and oxygen atoms in total. The molecule has 26 heavy (non-hydrogen) atoms. The van der Waals surface area contributed by atoms with Crippen LogP contribution in [0, 0.1) is 0 Å². The van der Waals surface area contributed by atoms with E-state index < -0.39 is 10.0 Å². The topological polar surface area (TPSA) is 65.0 Å². The first kappa shape index (κ1) is 23.2. The zero-order chi connectivity index (χ0) is 18.3. The Bertz CT molecular complexity index is 667. The summed E-state index contributed by atoms with van der Waals surface area (Å²) in [6.07, 6.45) is 3.15. The van der Waals surface area contributed by atoms with Crippen molar-refractivity contribution in [3.05, 3.63) is 35.9 Å². The average molecular weight is 494 g/mol. The van der Waals surface area contributed by atoms with Crippen LogP contribution in [0.3, 0.4) is 0 Å². The van der Waals surface area contributed by atoms with Gasteiger partial charge in [0.1, 0.15) is 0 Å². The summed E-state index contributed by atoms with van der Waals surface area (Å²) in [5.41, 5.74) is 1.38. The maximum atomic E-state index is 11.6. The van der Waals surface area contributed by atoms with E-state index in [9.17, 15) is 8.42 Å². The smallest absolute Gasteiger partial charge is 0.211 e. The number of likely N-dealkylation sites (tertiary alicyclic amines) is 1. The monoisotopic (exact) mass is 494 g/mol. The molecule has 0 saturated carbocycles. The predicted molar refractivity (Wildman–Crippen MR) is 119 cm³/mol. The summed E-state index contributed by atoms with van der Waals surface area (Å²) in [5.74, 6) is 1.45. The maximum Gasteiger partial charge on any atom is 0.211 e. The molecule has 1 fully saturated rings. The minimum Gasteiger partial charge on any atom is -0.356 e. The third kappa shape index (κ3) is 6.70. The second-order valence-corrected chi connectivity index (χ2v) is 8.41. The molecule has 1 saturated heterocycles. The summed E-state index contributed by atoms with van der Waals surface area (Å²) < 4.78 is 24.7. The Kier molecular flexibility index (Phi) is 9.88. The largest absolute Gasteiger partial charge is 0.356 e. The van der Waals surface area contributed by atoms with Crippen molar-refractivity contribution in [2.24, 2.45) is 4.99 Å². The van der Waals surface area contributed by atoms with E-state index in [0.29, 0.717) is 25.6 Å². The molecule has 2 rings (SSSR count). The number of hydrogen-bond donors (Lipinski definition) is 1. The highest BCUT2D eigenvalue weighted by molar-refractivity contribution is 14.0. The Morgan fingerprint density at radius 1 is 1.35 bits per heavy atom. The van der Waals surface area contributed by atoms with Gasteiger partial charge in [-0.25, -0.2) is 12.7 Å². The molecule has 0 radical (unpaired) electrons. The van der Waals surface area contributed by atoms with E-state index in [1.54, 1.807) is 7.05 Å². The van der Waals surface area contributed by atoms with Crippen LogP contribution in [0.25, 0.3) is 0 Å². The lowest BCUT2D eigenvalue weighted by atomic mass is 9.99. The number of nitrogens with zero attached hydrogens (tertiary/aromatic N) is 3. The Morgan fingerprint density at radius 2 is 2.04 bits per heavy atom. The van der Waals surface area contributed by atoms with Crippen LogP contribution in [-0.4, -0.2) is 69.6 Å². The Balaban J connectivity index is 0.00000338. The highest BCUT2D eigenvalue weighted by atomic mass is 127. The second kappa shape index (κ2) is 11.1. The van der Waals surface area contributed by atoms with Crippen molar-refractivity contribution in [3.63, 3.8) is 0 Å². The quantitative estimate of drug-likeness (QED) is 0.274. The fourth-order valence-corrected chi connectivity index (χ4v) is 4.23. The van der Waals surface area contributed by atoms with Crippen molar-refractivity contribution >= 4 is 40.0 Å². The fourth-order valence-electron chi connectivity index (χ4n) is 3.30. The number of aliphatic imine (C=N–C) groups is 1. The van der Waals surface area contributed by atoms with Crippen LogP contribution >= 0.6 is 24.0 Å². The molecule has 0 amide bonds. The molecular weight excluding hydrogens is 463 g/mol. The number of guanidine groups is 1. The Hall–Kier alpha value is -0.870. The van der Waals surface area contributed by atoms with Crippen LogP contribution in [0.4, 0.5) is 0 Å². The van der Waals surface area contributed by atoms with Gasteiger partial charge in [0.25, 0.3) is 0 Å². The highest BCUT2D eigenvalue weighted by Gasteiger charge is 2.25. The Labute approximate surface area is 175 Å². The fraction of sp³-hybridized carbons (Fsp3) is 0.611. The van der Waals surface area contributed by atoms with Crippen molar-refractivity contribution in [2.45, 2.75) is 25.7 Å². The molecule has 1 aliphatic rings. The molecule has 0 aliphatic carbocycles. The predicted octanol–water partition coefficient (Wildman–Crippen LogP) is 2.34. The number of halogens is 1. The molecule has 1 aliphatic heterocycles. The summed E-state index contributed by atoms with van der Waals surface area (Å²) in [6, 6.07) is 10.6. The number of nitrogens with one attached hydrogen (secondary N) is 1. The number of hydrogen-bond acceptors (Lipinski definition) is 3. The summed E-state index contributed by atoms with van der Waals surface area (Å²) in [4.78, 5) is 6.67. The van der Waals surface area contributed by atoms with Crippen LogP contribution in [0.1, 0.15) is 31.2 Å². The van der Waals surface area contributed by atoms with Gasteiger partial charge in [0, 0.05) is 45.7 Å². The summed E-state index contributed by atoms with van der Waals surface area (Å²) >= 11 is 0. The lowest BCUT2D eigenvalue weighted by Gasteiger charge is -2.23. The number of benzene rings is 1. The van der Waals surface area contributed by atoms with Crippen molar-refractivity contribution in [3.8, 4) is 0 Å². The standard InChI is InChI=1S/C18H30N4O2S.HI/c1-4-22(25(3,23)24)13-8-12-20-18(19-2)21-14-11-17(15-21)16-9-6-5-7-10-16;/h5-7,9-10,17H,4,8,11-15H2,1-3H3,(H,19,20);1H. The van der Waals surface area contributed by atoms with Crippen molar-refractivity contribution < 1.29 is 8.42 Å². The minimum absolute atomic E-state index is 0. The first-order valence-corrected chi connectivity index (χ1v) is 10.8. The Morgan fingerprint density at radius 3 is 2.62 bits per heavy atom. The van der Waals surface area contributed by atoms with E-state index in [0.717, 1.165) is 31.9 Å². The van der Waals surface area contributed by atoms with E-state index in [1.807, 2.05) is 13.0 Å². The summed E-state index contributed by atoms with van der Waals surface area (Å²) in [6.45, 7) is 5.58. The van der Waals surface area contributed by atoms with Crippen LogP contribution < -0.4 is 5.32 Å². The molecule has 1 atom stereocenters. The molecule has 0 aromatic heterocycles. The molecule has 0 spiro atoms. The lowest BCUT2D eigenvalue weighted by Crippen LogP contribution is -2.41. The summed E-state index contributed by atoms with van der Waals surface area (Å²) in [7, 11) is -1.31. The van der Waals surface area contributed by atoms with E-state index in [2.05, 4.69) is 39.5 Å². The molecule has 148 valence electrons. The van der Waals surface area contributed by atoms with Crippen LogP contribution in [0.5, 0.6) is 0 Å². The maximum absolute atomic E-state index is 11.6. The second-order valence-electron chi connectivity index (χ2n) is 6.42. The van der Waals surface area contributed by atoms with Gasteiger partial charge in [-0.3, -0.25) is 4.99 Å². The first-order valence-electron chi connectivity index (χ1n) is 8.91. The van der Waals surface area contributed by atoms with Gasteiger partial charge in [-0.1, -0.05) is 37.3 Å².